The number of hydrogen-bond donors (Lipinski definition) is 1. The van der Waals surface area contributed by atoms with Gasteiger partial charge in [0, 0.05) is 48.6 Å². The molecular weight excluding hydrogens is 352 g/mol. The summed E-state index contributed by atoms with van der Waals surface area (Å²) in [7, 11) is 0. The van der Waals surface area contributed by atoms with Crippen LogP contribution in [0, 0.1) is 0 Å². The molecule has 1 aromatic heterocycles. The Labute approximate surface area is 157 Å². The van der Waals surface area contributed by atoms with Crippen molar-refractivity contribution in [3.8, 4) is 0 Å². The number of likely N-dealkylation sites (N-methyl/N-ethyl adjacent to an activating group) is 1. The molecule has 1 aliphatic heterocycles. The lowest BCUT2D eigenvalue weighted by Crippen LogP contribution is -2.48. The zero-order valence-electron chi connectivity index (χ0n) is 14.6. The number of rotatable bonds is 4. The van der Waals surface area contributed by atoms with E-state index in [9.17, 15) is 9.59 Å². The molecule has 1 aliphatic rings. The van der Waals surface area contributed by atoms with Gasteiger partial charge >= 0.3 is 0 Å². The molecule has 0 bridgehead atoms. The topological polar surface area (TPSA) is 65.5 Å². The Morgan fingerprint density at radius 3 is 2.62 bits per heavy atom. The van der Waals surface area contributed by atoms with Crippen LogP contribution in [0.4, 0.5) is 5.69 Å². The normalized spacial score (nSPS) is 14.9. The highest BCUT2D eigenvalue weighted by Gasteiger charge is 2.22. The largest absolute Gasteiger partial charge is 0.336 e. The molecule has 0 spiro atoms. The summed E-state index contributed by atoms with van der Waals surface area (Å²) >= 11 is 5.93. The molecule has 0 saturated carbocycles. The Bertz CT molecular complexity index is 804. The van der Waals surface area contributed by atoms with Crippen LogP contribution in [-0.2, 0) is 0 Å². The summed E-state index contributed by atoms with van der Waals surface area (Å²) in [6.07, 6.45) is 1.49. The van der Waals surface area contributed by atoms with Gasteiger partial charge in [-0.15, -0.1) is 0 Å². The lowest BCUT2D eigenvalue weighted by atomic mass is 10.1. The van der Waals surface area contributed by atoms with Crippen LogP contribution in [0.1, 0.15) is 27.8 Å². The van der Waals surface area contributed by atoms with Gasteiger partial charge in [-0.1, -0.05) is 24.6 Å². The summed E-state index contributed by atoms with van der Waals surface area (Å²) in [5.41, 5.74) is 1.25. The number of hydrogen-bond acceptors (Lipinski definition) is 4. The second kappa shape index (κ2) is 8.29. The van der Waals surface area contributed by atoms with Crippen LogP contribution in [0.3, 0.4) is 0 Å². The van der Waals surface area contributed by atoms with E-state index in [-0.39, 0.29) is 17.5 Å². The van der Waals surface area contributed by atoms with Crippen molar-refractivity contribution in [2.45, 2.75) is 6.92 Å². The van der Waals surface area contributed by atoms with Gasteiger partial charge in [0.1, 0.15) is 5.69 Å². The van der Waals surface area contributed by atoms with Gasteiger partial charge in [0.25, 0.3) is 11.8 Å². The molecule has 26 heavy (non-hydrogen) atoms. The third-order valence-corrected chi connectivity index (χ3v) is 4.66. The Kier molecular flexibility index (Phi) is 5.85. The second-order valence-electron chi connectivity index (χ2n) is 6.12. The van der Waals surface area contributed by atoms with Crippen LogP contribution < -0.4 is 5.32 Å². The molecule has 1 fully saturated rings. The first-order valence-electron chi connectivity index (χ1n) is 8.61. The second-order valence-corrected chi connectivity index (χ2v) is 6.56. The number of carbonyl (C=O) groups is 2. The van der Waals surface area contributed by atoms with Crippen molar-refractivity contribution < 1.29 is 9.59 Å². The summed E-state index contributed by atoms with van der Waals surface area (Å²) in [6.45, 7) is 6.24. The molecule has 0 aliphatic carbocycles. The summed E-state index contributed by atoms with van der Waals surface area (Å²) in [4.78, 5) is 33.3. The number of halogens is 1. The van der Waals surface area contributed by atoms with Crippen molar-refractivity contribution in [3.63, 3.8) is 0 Å². The molecule has 1 aromatic carbocycles. The Hall–Kier alpha value is -2.44. The molecule has 1 saturated heterocycles. The minimum atomic E-state index is -0.377. The van der Waals surface area contributed by atoms with Crippen LogP contribution in [0.15, 0.2) is 42.6 Å². The summed E-state index contributed by atoms with van der Waals surface area (Å²) in [5.74, 6) is -0.447. The minimum Gasteiger partial charge on any atom is -0.336 e. The molecule has 136 valence electrons. The van der Waals surface area contributed by atoms with E-state index in [0.717, 1.165) is 19.6 Å². The maximum absolute atomic E-state index is 12.7. The van der Waals surface area contributed by atoms with E-state index < -0.39 is 0 Å². The monoisotopic (exact) mass is 372 g/mol. The van der Waals surface area contributed by atoms with Gasteiger partial charge in [-0.3, -0.25) is 14.6 Å². The summed E-state index contributed by atoms with van der Waals surface area (Å²) in [5, 5.41) is 3.27. The Morgan fingerprint density at radius 2 is 1.92 bits per heavy atom. The summed E-state index contributed by atoms with van der Waals surface area (Å²) < 4.78 is 0. The first-order chi connectivity index (χ1) is 12.6. The standard InChI is InChI=1S/C19H21ClN4O2/c1-2-23-8-10-24(11-9-23)19(26)14-6-7-21-17(12-14)18(25)22-16-5-3-4-15(20)13-16/h3-7,12-13H,2,8-11H2,1H3,(H,22,25). The van der Waals surface area contributed by atoms with Gasteiger partial charge < -0.3 is 15.1 Å². The van der Waals surface area contributed by atoms with Crippen molar-refractivity contribution in [3.05, 3.63) is 58.9 Å². The number of carbonyl (C=O) groups excluding carboxylic acids is 2. The zero-order chi connectivity index (χ0) is 18.5. The third-order valence-electron chi connectivity index (χ3n) is 4.43. The van der Waals surface area contributed by atoms with E-state index in [1.807, 2.05) is 4.90 Å². The summed E-state index contributed by atoms with van der Waals surface area (Å²) in [6, 6.07) is 10.1. The number of aromatic nitrogens is 1. The molecule has 6 nitrogen and oxygen atoms in total. The molecule has 0 radical (unpaired) electrons. The molecule has 1 N–H and O–H groups in total. The van der Waals surface area contributed by atoms with Crippen molar-refractivity contribution in [2.24, 2.45) is 0 Å². The Balaban J connectivity index is 1.69. The zero-order valence-corrected chi connectivity index (χ0v) is 15.4. The molecular formula is C19H21ClN4O2. The maximum atomic E-state index is 12.7. The lowest BCUT2D eigenvalue weighted by molar-refractivity contribution is 0.0643. The van der Waals surface area contributed by atoms with Crippen LogP contribution in [0.2, 0.25) is 5.02 Å². The molecule has 7 heteroatoms. The molecule has 0 unspecified atom stereocenters. The first-order valence-corrected chi connectivity index (χ1v) is 8.99. The van der Waals surface area contributed by atoms with E-state index in [1.165, 1.54) is 12.3 Å². The minimum absolute atomic E-state index is 0.0695. The van der Waals surface area contributed by atoms with Crippen molar-refractivity contribution in [2.75, 3.05) is 38.0 Å². The number of pyridine rings is 1. The highest BCUT2D eigenvalue weighted by molar-refractivity contribution is 6.30. The average molecular weight is 373 g/mol. The lowest BCUT2D eigenvalue weighted by Gasteiger charge is -2.34. The van der Waals surface area contributed by atoms with Crippen molar-refractivity contribution in [1.29, 1.82) is 0 Å². The molecule has 3 rings (SSSR count). The fourth-order valence-electron chi connectivity index (χ4n) is 2.90. The number of piperazine rings is 1. The van der Waals surface area contributed by atoms with Crippen LogP contribution in [-0.4, -0.2) is 59.3 Å². The fourth-order valence-corrected chi connectivity index (χ4v) is 3.09. The maximum Gasteiger partial charge on any atom is 0.274 e. The highest BCUT2D eigenvalue weighted by atomic mass is 35.5. The number of anilines is 1. The van der Waals surface area contributed by atoms with E-state index in [1.54, 1.807) is 30.3 Å². The SMILES string of the molecule is CCN1CCN(C(=O)c2ccnc(C(=O)Nc3cccc(Cl)c3)c2)CC1. The van der Waals surface area contributed by atoms with Gasteiger partial charge in [-0.25, -0.2) is 0 Å². The number of benzene rings is 1. The molecule has 2 heterocycles. The van der Waals surface area contributed by atoms with Crippen LogP contribution >= 0.6 is 11.6 Å². The number of amides is 2. The Morgan fingerprint density at radius 1 is 1.15 bits per heavy atom. The van der Waals surface area contributed by atoms with Gasteiger partial charge in [-0.2, -0.15) is 0 Å². The first kappa shape index (κ1) is 18.4. The van der Waals surface area contributed by atoms with Gasteiger partial charge in [0.05, 0.1) is 0 Å². The number of nitrogens with one attached hydrogen (secondary N) is 1. The molecule has 0 atom stereocenters. The average Bonchev–Trinajstić information content (AvgIpc) is 2.67. The predicted octanol–water partition coefficient (Wildman–Crippen LogP) is 2.77. The number of nitrogens with zero attached hydrogens (tertiary/aromatic N) is 3. The van der Waals surface area contributed by atoms with Gasteiger partial charge in [-0.05, 0) is 36.9 Å². The van der Waals surface area contributed by atoms with E-state index in [0.29, 0.717) is 29.4 Å². The third kappa shape index (κ3) is 4.39. The highest BCUT2D eigenvalue weighted by Crippen LogP contribution is 2.16. The van der Waals surface area contributed by atoms with Crippen molar-refractivity contribution >= 4 is 29.1 Å². The van der Waals surface area contributed by atoms with E-state index in [2.05, 4.69) is 22.1 Å². The molecule has 2 amide bonds. The van der Waals surface area contributed by atoms with Gasteiger partial charge in [0.2, 0.25) is 0 Å². The quantitative estimate of drug-likeness (QED) is 0.896. The van der Waals surface area contributed by atoms with Crippen molar-refractivity contribution in [1.82, 2.24) is 14.8 Å². The van der Waals surface area contributed by atoms with Gasteiger partial charge in [0.15, 0.2) is 0 Å². The van der Waals surface area contributed by atoms with E-state index >= 15 is 0 Å². The smallest absolute Gasteiger partial charge is 0.274 e. The fraction of sp³-hybridized carbons (Fsp3) is 0.316. The van der Waals surface area contributed by atoms with Crippen LogP contribution in [0.5, 0.6) is 0 Å². The van der Waals surface area contributed by atoms with Crippen LogP contribution in [0.25, 0.3) is 0 Å². The molecule has 2 aromatic rings. The predicted molar refractivity (Wildman–Crippen MR) is 102 cm³/mol. The van der Waals surface area contributed by atoms with E-state index in [4.69, 9.17) is 11.6 Å².